The van der Waals surface area contributed by atoms with Gasteiger partial charge in [0, 0.05) is 73.2 Å². The molecule has 10 nitrogen and oxygen atoms in total. The highest BCUT2D eigenvalue weighted by atomic mass is 32.2. The first-order chi connectivity index (χ1) is 22.6. The SMILES string of the molecule is CCN(C)Cc1c(C(=O)N2CCN(S(C)(=O)=O)CC2)n2c3c(cccc13)-c1c(C3CCCCC3)c3ccc(C(=O)O)cc3n1CCC2. The number of carboxylic acid groups (broad SMARTS) is 1. The Labute approximate surface area is 276 Å². The Morgan fingerprint density at radius 3 is 2.32 bits per heavy atom. The number of carboxylic acids is 1. The number of sulfonamides is 1. The molecule has 1 N–H and O–H groups in total. The first-order valence-corrected chi connectivity index (χ1v) is 18.9. The number of nitrogens with zero attached hydrogens (tertiary/aromatic N) is 5. The summed E-state index contributed by atoms with van der Waals surface area (Å²) in [6.45, 7) is 6.22. The van der Waals surface area contributed by atoms with Gasteiger partial charge >= 0.3 is 5.97 Å². The third-order valence-corrected chi connectivity index (χ3v) is 12.0. The maximum Gasteiger partial charge on any atom is 0.335 e. The molecular weight excluding hydrogens is 614 g/mol. The van der Waals surface area contributed by atoms with Crippen LogP contribution < -0.4 is 0 Å². The molecule has 1 amide bonds. The van der Waals surface area contributed by atoms with Crippen molar-refractivity contribution in [2.45, 2.75) is 71.0 Å². The average molecular weight is 660 g/mol. The van der Waals surface area contributed by atoms with Crippen LogP contribution in [0.2, 0.25) is 0 Å². The van der Waals surface area contributed by atoms with E-state index in [0.717, 1.165) is 64.4 Å². The second-order valence-electron chi connectivity index (χ2n) is 13.6. The van der Waals surface area contributed by atoms with Gasteiger partial charge in [0.15, 0.2) is 0 Å². The second-order valence-corrected chi connectivity index (χ2v) is 15.6. The molecule has 1 saturated carbocycles. The number of hydrogen-bond acceptors (Lipinski definition) is 5. The van der Waals surface area contributed by atoms with Crippen molar-refractivity contribution in [2.24, 2.45) is 0 Å². The highest BCUT2D eigenvalue weighted by Gasteiger charge is 2.34. The van der Waals surface area contributed by atoms with Crippen molar-refractivity contribution in [2.75, 3.05) is 46.0 Å². The van der Waals surface area contributed by atoms with Crippen LogP contribution in [0.3, 0.4) is 0 Å². The van der Waals surface area contributed by atoms with Gasteiger partial charge in [-0.05, 0) is 56.5 Å². The fraction of sp³-hybridized carbons (Fsp3) is 0.500. The largest absolute Gasteiger partial charge is 0.478 e. The molecule has 0 atom stereocenters. The van der Waals surface area contributed by atoms with Gasteiger partial charge in [0.25, 0.3) is 5.91 Å². The zero-order valence-corrected chi connectivity index (χ0v) is 28.5. The van der Waals surface area contributed by atoms with Gasteiger partial charge in [-0.25, -0.2) is 13.2 Å². The van der Waals surface area contributed by atoms with Crippen LogP contribution in [0.25, 0.3) is 33.1 Å². The van der Waals surface area contributed by atoms with E-state index < -0.39 is 16.0 Å². The Morgan fingerprint density at radius 1 is 0.915 bits per heavy atom. The van der Waals surface area contributed by atoms with Crippen LogP contribution in [-0.2, 0) is 29.7 Å². The van der Waals surface area contributed by atoms with Crippen LogP contribution in [-0.4, -0.2) is 94.7 Å². The van der Waals surface area contributed by atoms with Crippen LogP contribution in [0.5, 0.6) is 0 Å². The molecule has 0 radical (unpaired) electrons. The van der Waals surface area contributed by atoms with E-state index in [1.807, 2.05) is 17.0 Å². The van der Waals surface area contributed by atoms with Crippen LogP contribution in [0.1, 0.15) is 83.3 Å². The molecule has 7 rings (SSSR count). The molecular formula is C36H45N5O5S. The van der Waals surface area contributed by atoms with Crippen molar-refractivity contribution in [3.8, 4) is 11.3 Å². The number of carbonyl (C=O) groups excluding carboxylic acids is 1. The van der Waals surface area contributed by atoms with Gasteiger partial charge in [-0.2, -0.15) is 4.31 Å². The van der Waals surface area contributed by atoms with Crippen molar-refractivity contribution in [3.05, 3.63) is 58.8 Å². The molecule has 47 heavy (non-hydrogen) atoms. The maximum atomic E-state index is 14.6. The number of aromatic carboxylic acids is 1. The molecule has 3 aliphatic rings. The molecule has 250 valence electrons. The molecule has 0 unspecified atom stereocenters. The van der Waals surface area contributed by atoms with E-state index >= 15 is 0 Å². The number of benzene rings is 2. The summed E-state index contributed by atoms with van der Waals surface area (Å²) in [5, 5.41) is 12.1. The van der Waals surface area contributed by atoms with Crippen molar-refractivity contribution in [3.63, 3.8) is 0 Å². The molecule has 2 aliphatic heterocycles. The Balaban J connectivity index is 1.46. The molecule has 2 fully saturated rings. The summed E-state index contributed by atoms with van der Waals surface area (Å²) in [7, 11) is -1.25. The topological polar surface area (TPSA) is 108 Å². The van der Waals surface area contributed by atoms with E-state index in [-0.39, 0.29) is 5.91 Å². The van der Waals surface area contributed by atoms with Crippen molar-refractivity contribution in [1.82, 2.24) is 23.2 Å². The Hall–Kier alpha value is -3.67. The minimum absolute atomic E-state index is 0.0421. The molecule has 1 saturated heterocycles. The summed E-state index contributed by atoms with van der Waals surface area (Å²) in [6.07, 6.45) is 7.84. The third kappa shape index (κ3) is 5.55. The number of rotatable bonds is 7. The summed E-state index contributed by atoms with van der Waals surface area (Å²) >= 11 is 0. The van der Waals surface area contributed by atoms with Crippen molar-refractivity contribution in [1.29, 1.82) is 0 Å². The van der Waals surface area contributed by atoms with Crippen molar-refractivity contribution >= 4 is 43.7 Å². The molecule has 4 aromatic rings. The molecule has 0 spiro atoms. The fourth-order valence-electron chi connectivity index (χ4n) is 8.28. The minimum atomic E-state index is -3.32. The van der Waals surface area contributed by atoms with Gasteiger partial charge in [-0.15, -0.1) is 0 Å². The van der Waals surface area contributed by atoms with Crippen LogP contribution in [0, 0.1) is 0 Å². The molecule has 0 bridgehead atoms. The monoisotopic (exact) mass is 659 g/mol. The van der Waals surface area contributed by atoms with Gasteiger partial charge in [0.1, 0.15) is 5.69 Å². The summed E-state index contributed by atoms with van der Waals surface area (Å²) in [4.78, 5) is 30.7. The van der Waals surface area contributed by atoms with E-state index in [9.17, 15) is 23.1 Å². The van der Waals surface area contributed by atoms with E-state index in [2.05, 4.69) is 46.2 Å². The first kappa shape index (κ1) is 31.9. The number of aryl methyl sites for hydroxylation is 2. The van der Waals surface area contributed by atoms with E-state index in [1.54, 1.807) is 6.07 Å². The predicted octanol–water partition coefficient (Wildman–Crippen LogP) is 5.58. The number of carbonyl (C=O) groups is 2. The van der Waals surface area contributed by atoms with Crippen molar-refractivity contribution < 1.29 is 23.1 Å². The molecule has 2 aromatic carbocycles. The Bertz CT molecular complexity index is 1980. The average Bonchev–Trinajstić information content (AvgIpc) is 3.55. The number of para-hydroxylation sites is 1. The van der Waals surface area contributed by atoms with Gasteiger partial charge in [0.05, 0.1) is 23.0 Å². The lowest BCUT2D eigenvalue weighted by Crippen LogP contribution is -2.50. The number of fused-ring (bicyclic) bond motifs is 4. The van der Waals surface area contributed by atoms with Crippen LogP contribution >= 0.6 is 0 Å². The summed E-state index contributed by atoms with van der Waals surface area (Å²) in [5.74, 6) is -0.581. The summed E-state index contributed by atoms with van der Waals surface area (Å²) < 4.78 is 30.5. The zero-order valence-electron chi connectivity index (χ0n) is 27.7. The third-order valence-electron chi connectivity index (χ3n) is 10.7. The van der Waals surface area contributed by atoms with Gasteiger partial charge in [-0.3, -0.25) is 4.79 Å². The normalized spacial score (nSPS) is 18.1. The van der Waals surface area contributed by atoms with E-state index in [0.29, 0.717) is 63.0 Å². The van der Waals surface area contributed by atoms with Gasteiger partial charge < -0.3 is 24.0 Å². The first-order valence-electron chi connectivity index (χ1n) is 17.0. The highest BCUT2D eigenvalue weighted by molar-refractivity contribution is 7.88. The zero-order chi connectivity index (χ0) is 33.0. The number of piperazine rings is 1. The smallest absolute Gasteiger partial charge is 0.335 e. The lowest BCUT2D eigenvalue weighted by molar-refractivity contribution is 0.0681. The lowest BCUT2D eigenvalue weighted by Gasteiger charge is -2.34. The number of aromatic nitrogens is 2. The standard InChI is InChI=1S/C36H45N5O5S/c1-4-37(2)23-29-26-12-8-13-28-32(26)41(34(29)35(42)38-18-20-39(21-19-38)47(3,45)46)17-9-16-40-30-22-25(36(43)44)14-15-27(30)31(33(28)40)24-10-6-5-7-11-24/h8,12-15,22,24H,4-7,9-11,16-21,23H2,1-3H3,(H,43,44). The fourth-order valence-corrected chi connectivity index (χ4v) is 9.10. The Morgan fingerprint density at radius 2 is 1.64 bits per heavy atom. The summed E-state index contributed by atoms with van der Waals surface area (Å²) in [6, 6.07) is 12.0. The highest BCUT2D eigenvalue weighted by Crippen LogP contribution is 2.47. The number of amides is 1. The van der Waals surface area contributed by atoms with Gasteiger partial charge in [0.2, 0.25) is 10.0 Å². The van der Waals surface area contributed by atoms with E-state index in [4.69, 9.17) is 0 Å². The quantitative estimate of drug-likeness (QED) is 0.278. The van der Waals surface area contributed by atoms with Crippen LogP contribution in [0.15, 0.2) is 36.4 Å². The lowest BCUT2D eigenvalue weighted by atomic mass is 9.81. The molecule has 11 heteroatoms. The minimum Gasteiger partial charge on any atom is -0.478 e. The Kier molecular flexibility index (Phi) is 8.42. The molecule has 1 aliphatic carbocycles. The van der Waals surface area contributed by atoms with Crippen LogP contribution in [0.4, 0.5) is 0 Å². The van der Waals surface area contributed by atoms with Gasteiger partial charge in [-0.1, -0.05) is 50.5 Å². The second kappa shape index (κ2) is 12.4. The molecule has 4 heterocycles. The molecule has 2 aromatic heterocycles. The maximum absolute atomic E-state index is 14.6. The summed E-state index contributed by atoms with van der Waals surface area (Å²) in [5.41, 5.74) is 7.62. The number of hydrogen-bond donors (Lipinski definition) is 1. The predicted molar refractivity (Wildman–Crippen MR) is 185 cm³/mol. The van der Waals surface area contributed by atoms with E-state index in [1.165, 1.54) is 35.4 Å².